The van der Waals surface area contributed by atoms with E-state index in [4.69, 9.17) is 13.6 Å². The Morgan fingerprint density at radius 2 is 0.806 bits per heavy atom. The monoisotopic (exact) mass is 514 g/mol. The molecule has 0 aliphatic rings. The van der Waals surface area contributed by atoms with Crippen LogP contribution in [0, 0.1) is 0 Å². The van der Waals surface area contributed by atoms with Crippen molar-refractivity contribution >= 4 is 8.60 Å². The van der Waals surface area contributed by atoms with Gasteiger partial charge in [0.15, 0.2) is 0 Å². The van der Waals surface area contributed by atoms with E-state index in [2.05, 4.69) is 119 Å². The van der Waals surface area contributed by atoms with E-state index in [9.17, 15) is 0 Å². The van der Waals surface area contributed by atoms with Crippen molar-refractivity contribution in [2.75, 3.05) is 0 Å². The lowest BCUT2D eigenvalue weighted by Gasteiger charge is -2.31. The smallest absolute Gasteiger partial charge is 0.417 e. The van der Waals surface area contributed by atoms with Crippen molar-refractivity contribution in [3.05, 3.63) is 58.7 Å². The van der Waals surface area contributed by atoms with Crippen LogP contribution in [-0.4, -0.2) is 5.60 Å². The molecule has 0 atom stereocenters. The summed E-state index contributed by atoms with van der Waals surface area (Å²) in [6.45, 7) is 32.9. The number of hydrogen-bond acceptors (Lipinski definition) is 3. The second kappa shape index (κ2) is 10.3. The molecule has 0 aliphatic heterocycles. The van der Waals surface area contributed by atoms with Crippen LogP contribution in [0.5, 0.6) is 11.5 Å². The third-order valence-electron chi connectivity index (χ3n) is 6.00. The molecule has 0 radical (unpaired) electrons. The van der Waals surface area contributed by atoms with Crippen LogP contribution >= 0.6 is 8.60 Å². The average molecular weight is 515 g/mol. The minimum atomic E-state index is -1.70. The molecule has 0 aliphatic carbocycles. The second-order valence-electron chi connectivity index (χ2n) is 15.0. The molecule has 0 N–H and O–H groups in total. The SMILES string of the molecule is CC(C)(C)OP(Oc1ccc(C(C)(C)C)cc1C(C)(C)C)Oc1ccc(C(C)(C)C)cc1C(C)(C)C. The molecule has 2 aromatic rings. The fourth-order valence-corrected chi connectivity index (χ4v) is 4.96. The molecule has 0 spiro atoms. The van der Waals surface area contributed by atoms with Crippen LogP contribution in [0.2, 0.25) is 0 Å². The van der Waals surface area contributed by atoms with Crippen molar-refractivity contribution in [1.29, 1.82) is 0 Å². The highest BCUT2D eigenvalue weighted by Crippen LogP contribution is 2.50. The minimum absolute atomic E-state index is 0.0537. The lowest BCUT2D eigenvalue weighted by Crippen LogP contribution is -2.21. The molecule has 0 heterocycles. The van der Waals surface area contributed by atoms with Crippen LogP contribution in [0.1, 0.15) is 126 Å². The predicted octanol–water partition coefficient (Wildman–Crippen LogP) is 10.4. The van der Waals surface area contributed by atoms with Gasteiger partial charge in [-0.3, -0.25) is 4.52 Å². The molecule has 2 rings (SSSR count). The minimum Gasteiger partial charge on any atom is -0.417 e. The number of hydrogen-bond donors (Lipinski definition) is 0. The predicted molar refractivity (Wildman–Crippen MR) is 157 cm³/mol. The zero-order chi connectivity index (χ0) is 27.9. The zero-order valence-electron chi connectivity index (χ0n) is 25.6. The van der Waals surface area contributed by atoms with Gasteiger partial charge in [-0.25, -0.2) is 0 Å². The van der Waals surface area contributed by atoms with Crippen molar-refractivity contribution < 1.29 is 13.6 Å². The van der Waals surface area contributed by atoms with Crippen LogP contribution in [0.3, 0.4) is 0 Å². The van der Waals surface area contributed by atoms with Crippen molar-refractivity contribution in [3.8, 4) is 11.5 Å². The molecular formula is C32H51O3P. The van der Waals surface area contributed by atoms with Crippen molar-refractivity contribution in [2.24, 2.45) is 0 Å². The highest BCUT2D eigenvalue weighted by molar-refractivity contribution is 7.42. The summed E-state index contributed by atoms with van der Waals surface area (Å²) < 4.78 is 19.6. The lowest BCUT2D eigenvalue weighted by atomic mass is 9.80. The van der Waals surface area contributed by atoms with Gasteiger partial charge in [-0.15, -0.1) is 0 Å². The maximum atomic E-state index is 6.61. The van der Waals surface area contributed by atoms with Gasteiger partial charge in [-0.1, -0.05) is 107 Å². The first-order valence-corrected chi connectivity index (χ1v) is 14.2. The van der Waals surface area contributed by atoms with E-state index in [1.54, 1.807) is 0 Å². The molecule has 0 saturated carbocycles. The molecule has 0 saturated heterocycles. The van der Waals surface area contributed by atoms with Crippen molar-refractivity contribution in [2.45, 2.75) is 131 Å². The van der Waals surface area contributed by atoms with E-state index in [1.165, 1.54) is 11.1 Å². The Kier molecular flexibility index (Phi) is 8.77. The van der Waals surface area contributed by atoms with Gasteiger partial charge in [0.2, 0.25) is 0 Å². The third kappa shape index (κ3) is 8.49. The molecule has 0 aromatic heterocycles. The van der Waals surface area contributed by atoms with E-state index in [1.807, 2.05) is 20.8 Å². The van der Waals surface area contributed by atoms with Gasteiger partial charge in [-0.05, 0) is 65.7 Å². The fourth-order valence-electron chi connectivity index (χ4n) is 3.76. The van der Waals surface area contributed by atoms with Crippen LogP contribution in [0.15, 0.2) is 36.4 Å². The maximum absolute atomic E-state index is 6.61. The van der Waals surface area contributed by atoms with Crippen LogP contribution in [-0.2, 0) is 26.2 Å². The molecule has 0 bridgehead atoms. The molecular weight excluding hydrogens is 463 g/mol. The largest absolute Gasteiger partial charge is 0.463 e. The van der Waals surface area contributed by atoms with Gasteiger partial charge in [0, 0.05) is 11.1 Å². The van der Waals surface area contributed by atoms with Gasteiger partial charge in [0.1, 0.15) is 11.5 Å². The topological polar surface area (TPSA) is 27.7 Å². The Morgan fingerprint density at radius 3 is 1.06 bits per heavy atom. The summed E-state index contributed by atoms with van der Waals surface area (Å²) in [5.74, 6) is 1.63. The van der Waals surface area contributed by atoms with E-state index >= 15 is 0 Å². The highest BCUT2D eigenvalue weighted by Gasteiger charge is 2.32. The molecule has 4 heteroatoms. The second-order valence-corrected chi connectivity index (χ2v) is 16.0. The van der Waals surface area contributed by atoms with Crippen LogP contribution in [0.4, 0.5) is 0 Å². The van der Waals surface area contributed by atoms with Gasteiger partial charge in [0.05, 0.1) is 5.60 Å². The van der Waals surface area contributed by atoms with Gasteiger partial charge < -0.3 is 9.05 Å². The van der Waals surface area contributed by atoms with Crippen LogP contribution < -0.4 is 9.05 Å². The first kappa shape index (κ1) is 30.7. The van der Waals surface area contributed by atoms with Gasteiger partial charge >= 0.3 is 8.60 Å². The van der Waals surface area contributed by atoms with E-state index in [0.717, 1.165) is 22.6 Å². The first-order valence-electron chi connectivity index (χ1n) is 13.1. The normalized spacial score (nSPS) is 13.8. The Morgan fingerprint density at radius 1 is 0.472 bits per heavy atom. The fraction of sp³-hybridized carbons (Fsp3) is 0.625. The molecule has 0 unspecified atom stereocenters. The number of rotatable bonds is 5. The van der Waals surface area contributed by atoms with E-state index in [0.29, 0.717) is 0 Å². The molecule has 0 fully saturated rings. The maximum Gasteiger partial charge on any atom is 0.463 e. The summed E-state index contributed by atoms with van der Waals surface area (Å²) in [4.78, 5) is 0. The number of benzene rings is 2. The van der Waals surface area contributed by atoms with Crippen LogP contribution in [0.25, 0.3) is 0 Å². The Balaban J connectivity index is 2.57. The standard InChI is InChI=1S/C32H51O3P/c1-28(2,3)22-16-18-26(24(20-22)30(7,8)9)33-36(35-32(13,14)15)34-27-19-17-23(29(4,5)6)21-25(27)31(10,11)12/h16-21H,1-15H3. The molecule has 3 nitrogen and oxygen atoms in total. The van der Waals surface area contributed by atoms with E-state index < -0.39 is 14.2 Å². The summed E-state index contributed by atoms with van der Waals surface area (Å²) in [5, 5.41) is 0. The van der Waals surface area contributed by atoms with Gasteiger partial charge in [-0.2, -0.15) is 0 Å². The summed E-state index contributed by atoms with van der Waals surface area (Å²) in [6.07, 6.45) is 0. The third-order valence-corrected chi connectivity index (χ3v) is 7.39. The van der Waals surface area contributed by atoms with Crippen molar-refractivity contribution in [1.82, 2.24) is 0 Å². The summed E-state index contributed by atoms with van der Waals surface area (Å²) in [5.41, 5.74) is 4.38. The molecule has 0 amide bonds. The van der Waals surface area contributed by atoms with Gasteiger partial charge in [0.25, 0.3) is 0 Å². The Labute approximate surface area is 223 Å². The Bertz CT molecular complexity index is 958. The lowest BCUT2D eigenvalue weighted by molar-refractivity contribution is 0.114. The summed E-state index contributed by atoms with van der Waals surface area (Å²) >= 11 is 0. The van der Waals surface area contributed by atoms with Crippen molar-refractivity contribution in [3.63, 3.8) is 0 Å². The van der Waals surface area contributed by atoms with E-state index in [-0.39, 0.29) is 21.7 Å². The highest BCUT2D eigenvalue weighted by atomic mass is 31.2. The average Bonchev–Trinajstić information content (AvgIpc) is 2.63. The molecule has 2 aromatic carbocycles. The molecule has 202 valence electrons. The molecule has 36 heavy (non-hydrogen) atoms. The first-order chi connectivity index (χ1) is 16.0. The summed E-state index contributed by atoms with van der Waals surface area (Å²) in [6, 6.07) is 13.0. The quantitative estimate of drug-likeness (QED) is 0.371. The zero-order valence-corrected chi connectivity index (χ0v) is 26.5. The Hall–Kier alpha value is -1.57. The summed E-state index contributed by atoms with van der Waals surface area (Å²) in [7, 11) is -1.70.